The molecule has 2 aromatic rings. The van der Waals surface area contributed by atoms with E-state index in [1.54, 1.807) is 24.3 Å². The minimum absolute atomic E-state index is 0.0872. The molecule has 1 aliphatic carbocycles. The van der Waals surface area contributed by atoms with Gasteiger partial charge in [0, 0.05) is 11.1 Å². The summed E-state index contributed by atoms with van der Waals surface area (Å²) in [6.45, 7) is 1.94. The minimum Gasteiger partial charge on any atom is -0.436 e. The molecule has 4 rings (SSSR count). The highest BCUT2D eigenvalue weighted by atomic mass is 16.5. The molecular formula is C21H14N2O3. The van der Waals surface area contributed by atoms with E-state index in [1.165, 1.54) is 0 Å². The van der Waals surface area contributed by atoms with Crippen molar-refractivity contribution in [2.45, 2.75) is 12.8 Å². The monoisotopic (exact) mass is 342 g/mol. The molecule has 0 amide bonds. The van der Waals surface area contributed by atoms with Crippen molar-refractivity contribution in [1.82, 2.24) is 0 Å². The van der Waals surface area contributed by atoms with Crippen LogP contribution in [0.15, 0.2) is 71.3 Å². The van der Waals surface area contributed by atoms with Crippen LogP contribution in [-0.4, -0.2) is 11.6 Å². The summed E-state index contributed by atoms with van der Waals surface area (Å²) in [4.78, 5) is 26.0. The van der Waals surface area contributed by atoms with Gasteiger partial charge in [0.1, 0.15) is 11.6 Å². The topological polar surface area (TPSA) is 93.2 Å². The van der Waals surface area contributed by atoms with E-state index in [0.717, 1.165) is 5.56 Å². The number of rotatable bonds is 1. The summed E-state index contributed by atoms with van der Waals surface area (Å²) >= 11 is 0. The van der Waals surface area contributed by atoms with Gasteiger partial charge in [0.15, 0.2) is 11.5 Å². The predicted octanol–water partition coefficient (Wildman–Crippen LogP) is 3.14. The number of carbonyl (C=O) groups excluding carboxylic acids is 2. The molecule has 0 radical (unpaired) electrons. The Morgan fingerprint density at radius 2 is 1.62 bits per heavy atom. The van der Waals surface area contributed by atoms with Gasteiger partial charge in [-0.15, -0.1) is 0 Å². The molecule has 1 aliphatic heterocycles. The average molecular weight is 342 g/mol. The molecule has 1 heterocycles. The summed E-state index contributed by atoms with van der Waals surface area (Å²) in [6.07, 6.45) is 0. The first kappa shape index (κ1) is 15.9. The second-order valence-corrected chi connectivity index (χ2v) is 6.28. The molecule has 0 saturated carbocycles. The van der Waals surface area contributed by atoms with Gasteiger partial charge in [-0.3, -0.25) is 9.59 Å². The first-order chi connectivity index (χ1) is 12.5. The van der Waals surface area contributed by atoms with Crippen LogP contribution in [0.2, 0.25) is 0 Å². The van der Waals surface area contributed by atoms with E-state index in [2.05, 4.69) is 0 Å². The Bertz CT molecular complexity index is 1070. The van der Waals surface area contributed by atoms with Crippen molar-refractivity contribution >= 4 is 11.6 Å². The van der Waals surface area contributed by atoms with Gasteiger partial charge in [-0.05, 0) is 12.5 Å². The number of ether oxygens (including phenoxy) is 1. The van der Waals surface area contributed by atoms with Gasteiger partial charge in [-0.2, -0.15) is 5.26 Å². The fourth-order valence-electron chi connectivity index (χ4n) is 3.40. The average Bonchev–Trinajstić information content (AvgIpc) is 2.66. The van der Waals surface area contributed by atoms with Crippen LogP contribution in [0.1, 0.15) is 37.8 Å². The van der Waals surface area contributed by atoms with Crippen LogP contribution in [0.3, 0.4) is 0 Å². The molecule has 5 nitrogen and oxygen atoms in total. The zero-order valence-electron chi connectivity index (χ0n) is 13.9. The van der Waals surface area contributed by atoms with Crippen molar-refractivity contribution in [2.75, 3.05) is 0 Å². The zero-order valence-corrected chi connectivity index (χ0v) is 13.9. The molecule has 0 saturated heterocycles. The fourth-order valence-corrected chi connectivity index (χ4v) is 3.40. The summed E-state index contributed by atoms with van der Waals surface area (Å²) < 4.78 is 5.45. The van der Waals surface area contributed by atoms with E-state index in [0.29, 0.717) is 11.1 Å². The molecular weight excluding hydrogens is 328 g/mol. The molecule has 126 valence electrons. The highest BCUT2D eigenvalue weighted by Crippen LogP contribution is 2.43. The van der Waals surface area contributed by atoms with E-state index < -0.39 is 11.7 Å². The molecule has 1 unspecified atom stereocenters. The molecule has 5 heteroatoms. The van der Waals surface area contributed by atoms with Crippen molar-refractivity contribution in [1.29, 1.82) is 5.26 Å². The normalized spacial score (nSPS) is 18.8. The van der Waals surface area contributed by atoms with Crippen LogP contribution in [0.25, 0.3) is 0 Å². The molecule has 0 aromatic heterocycles. The lowest BCUT2D eigenvalue weighted by molar-refractivity contribution is 0.0897. The van der Waals surface area contributed by atoms with E-state index in [9.17, 15) is 14.9 Å². The first-order valence-electron chi connectivity index (χ1n) is 8.09. The lowest BCUT2D eigenvalue weighted by atomic mass is 9.75. The van der Waals surface area contributed by atoms with E-state index >= 15 is 0 Å². The number of fused-ring (bicyclic) bond motifs is 1. The summed E-state index contributed by atoms with van der Waals surface area (Å²) in [5.74, 6) is -1.67. The summed E-state index contributed by atoms with van der Waals surface area (Å²) in [5, 5.41) is 9.60. The Morgan fingerprint density at radius 3 is 2.23 bits per heavy atom. The van der Waals surface area contributed by atoms with Gasteiger partial charge in [0.25, 0.3) is 0 Å². The number of hydrogen-bond donors (Lipinski definition) is 1. The number of Topliss-reactive ketones (excluding diaryl/α,β-unsaturated/α-hetero) is 2. The van der Waals surface area contributed by atoms with Gasteiger partial charge in [0.2, 0.25) is 11.7 Å². The maximum Gasteiger partial charge on any atom is 0.229 e. The lowest BCUT2D eigenvalue weighted by Crippen LogP contribution is -2.32. The third kappa shape index (κ3) is 2.16. The van der Waals surface area contributed by atoms with Crippen LogP contribution in [0, 0.1) is 18.3 Å². The van der Waals surface area contributed by atoms with Crippen molar-refractivity contribution < 1.29 is 14.3 Å². The number of ketones is 2. The zero-order chi connectivity index (χ0) is 18.4. The number of aryl methyl sites for hydroxylation is 1. The molecule has 2 aromatic carbocycles. The van der Waals surface area contributed by atoms with E-state index in [1.807, 2.05) is 37.3 Å². The summed E-state index contributed by atoms with van der Waals surface area (Å²) in [6, 6.07) is 16.1. The maximum atomic E-state index is 13.2. The number of allylic oxidation sites excluding steroid dienone is 3. The molecule has 26 heavy (non-hydrogen) atoms. The Labute approximate surface area is 150 Å². The standard InChI is InChI=1S/C21H14N2O3/c1-11-6-8-12(9-7-11)16-15(10-22)21(23)26-20-17(16)18(24)13-4-2-3-5-14(13)19(20)25/h2-9,16H,23H2,1H3. The van der Waals surface area contributed by atoms with Crippen molar-refractivity contribution in [3.63, 3.8) is 0 Å². The number of nitriles is 1. The smallest absolute Gasteiger partial charge is 0.229 e. The van der Waals surface area contributed by atoms with Crippen molar-refractivity contribution in [3.8, 4) is 6.07 Å². The van der Waals surface area contributed by atoms with Gasteiger partial charge in [-0.25, -0.2) is 0 Å². The number of benzene rings is 2. The number of carbonyl (C=O) groups is 2. The number of hydrogen-bond acceptors (Lipinski definition) is 5. The third-order valence-electron chi connectivity index (χ3n) is 4.70. The Morgan fingerprint density at radius 1 is 1.00 bits per heavy atom. The third-order valence-corrected chi connectivity index (χ3v) is 4.70. The van der Waals surface area contributed by atoms with Crippen LogP contribution < -0.4 is 5.73 Å². The molecule has 2 aliphatic rings. The summed E-state index contributed by atoms with van der Waals surface area (Å²) in [7, 11) is 0. The molecule has 0 spiro atoms. The summed E-state index contributed by atoms with van der Waals surface area (Å²) in [5.41, 5.74) is 8.58. The van der Waals surface area contributed by atoms with Gasteiger partial charge in [-0.1, -0.05) is 54.1 Å². The van der Waals surface area contributed by atoms with Gasteiger partial charge >= 0.3 is 0 Å². The van der Waals surface area contributed by atoms with E-state index in [-0.39, 0.29) is 34.1 Å². The second kappa shape index (κ2) is 5.71. The van der Waals surface area contributed by atoms with Crippen LogP contribution in [0.5, 0.6) is 0 Å². The number of nitrogens with zero attached hydrogens (tertiary/aromatic N) is 1. The number of nitrogens with two attached hydrogens (primary N) is 1. The highest BCUT2D eigenvalue weighted by Gasteiger charge is 2.43. The molecule has 0 bridgehead atoms. The SMILES string of the molecule is Cc1ccc(C2C(C#N)=C(N)OC3=C2C(=O)c2ccccc2C3=O)cc1. The maximum absolute atomic E-state index is 13.2. The Balaban J connectivity index is 1.97. The Kier molecular flexibility index (Phi) is 3.48. The lowest BCUT2D eigenvalue weighted by Gasteiger charge is -2.30. The Hall–Kier alpha value is -3.65. The quantitative estimate of drug-likeness (QED) is 0.859. The fraction of sp³-hybridized carbons (Fsp3) is 0.0952. The van der Waals surface area contributed by atoms with Gasteiger partial charge in [0.05, 0.1) is 11.5 Å². The van der Waals surface area contributed by atoms with Crippen molar-refractivity contribution in [2.24, 2.45) is 5.73 Å². The minimum atomic E-state index is -0.728. The molecule has 1 atom stereocenters. The first-order valence-corrected chi connectivity index (χ1v) is 8.09. The van der Waals surface area contributed by atoms with Crippen LogP contribution in [0.4, 0.5) is 0 Å². The largest absolute Gasteiger partial charge is 0.436 e. The van der Waals surface area contributed by atoms with Crippen molar-refractivity contribution in [3.05, 3.63) is 93.6 Å². The van der Waals surface area contributed by atoms with Crippen LogP contribution >= 0.6 is 0 Å². The second-order valence-electron chi connectivity index (χ2n) is 6.28. The molecule has 2 N–H and O–H groups in total. The van der Waals surface area contributed by atoms with Gasteiger partial charge < -0.3 is 10.5 Å². The molecule has 0 fully saturated rings. The predicted molar refractivity (Wildman–Crippen MR) is 94.0 cm³/mol. The highest BCUT2D eigenvalue weighted by molar-refractivity contribution is 6.27. The van der Waals surface area contributed by atoms with Crippen LogP contribution in [-0.2, 0) is 4.74 Å². The van der Waals surface area contributed by atoms with E-state index in [4.69, 9.17) is 10.5 Å².